The molecule has 0 heterocycles. The molecule has 0 amide bonds. The van der Waals surface area contributed by atoms with E-state index in [1.165, 1.54) is 68.5 Å². The van der Waals surface area contributed by atoms with Gasteiger partial charge in [0.1, 0.15) is 0 Å². The summed E-state index contributed by atoms with van der Waals surface area (Å²) in [5.41, 5.74) is 16.9. The Kier molecular flexibility index (Phi) is 7.42. The van der Waals surface area contributed by atoms with Crippen LogP contribution in [0.1, 0.15) is 78.5 Å². The van der Waals surface area contributed by atoms with Crippen molar-refractivity contribution in [2.24, 2.45) is 0 Å². The number of rotatable bonds is 6. The van der Waals surface area contributed by atoms with Crippen LogP contribution in [0.3, 0.4) is 0 Å². The third-order valence-electron chi connectivity index (χ3n) is 11.1. The molecule has 0 spiro atoms. The van der Waals surface area contributed by atoms with E-state index in [-0.39, 0.29) is 0 Å². The van der Waals surface area contributed by atoms with Gasteiger partial charge >= 0.3 is 256 Å². The predicted octanol–water partition coefficient (Wildman–Crippen LogP) is 11.9. The van der Waals surface area contributed by atoms with Gasteiger partial charge in [0.25, 0.3) is 0 Å². The maximum absolute atomic E-state index is 3.98. The zero-order valence-electron chi connectivity index (χ0n) is 26.8. The zero-order chi connectivity index (χ0) is 29.8. The van der Waals surface area contributed by atoms with E-state index in [1.54, 1.807) is 11.1 Å². The van der Waals surface area contributed by atoms with Crippen molar-refractivity contribution in [1.82, 2.24) is 0 Å². The second-order valence-electron chi connectivity index (χ2n) is 13.8. The minimum atomic E-state index is -3.98. The van der Waals surface area contributed by atoms with Gasteiger partial charge in [-0.05, 0) is 0 Å². The Bertz CT molecular complexity index is 1720. The number of hydrogen-bond donors (Lipinski definition) is 0. The monoisotopic (exact) mass is 718 g/mol. The van der Waals surface area contributed by atoms with E-state index in [4.69, 9.17) is 0 Å². The topological polar surface area (TPSA) is 0 Å². The average molecular weight is 717 g/mol. The molecule has 1 heteroatoms. The molecule has 0 aliphatic heterocycles. The molecule has 0 aromatic heterocycles. The molecule has 0 radical (unpaired) electrons. The van der Waals surface area contributed by atoms with Crippen LogP contribution in [-0.2, 0) is 18.0 Å². The van der Waals surface area contributed by atoms with Crippen LogP contribution >= 0.6 is 0 Å². The molecule has 2 aliphatic rings. The molecular weight excluding hydrogens is 671 g/mol. The molecule has 214 valence electrons. The molecule has 0 bridgehead atoms. The summed E-state index contributed by atoms with van der Waals surface area (Å²) < 4.78 is 8.42. The number of hydrogen-bond acceptors (Lipinski definition) is 0. The molecular formula is C41H46Hf. The van der Waals surface area contributed by atoms with Crippen molar-refractivity contribution in [2.75, 3.05) is 0 Å². The molecule has 4 aromatic carbocycles. The van der Waals surface area contributed by atoms with Gasteiger partial charge in [-0.3, -0.25) is 0 Å². The number of fused-ring (bicyclic) bond motifs is 2. The number of benzene rings is 4. The van der Waals surface area contributed by atoms with Gasteiger partial charge in [0, 0.05) is 0 Å². The average Bonchev–Trinajstić information content (AvgIpc) is 3.62. The van der Waals surface area contributed by atoms with E-state index in [0.717, 1.165) is 0 Å². The normalized spacial score (nSPS) is 17.5. The van der Waals surface area contributed by atoms with Gasteiger partial charge < -0.3 is 0 Å². The van der Waals surface area contributed by atoms with Gasteiger partial charge in [0.2, 0.25) is 0 Å². The molecule has 2 atom stereocenters. The van der Waals surface area contributed by atoms with Crippen molar-refractivity contribution in [3.63, 3.8) is 0 Å². The second-order valence-corrected chi connectivity index (χ2v) is 39.6. The van der Waals surface area contributed by atoms with Gasteiger partial charge in [-0.2, -0.15) is 0 Å². The van der Waals surface area contributed by atoms with E-state index < -0.39 is 18.0 Å². The van der Waals surface area contributed by atoms with E-state index in [2.05, 4.69) is 148 Å². The van der Waals surface area contributed by atoms with E-state index >= 15 is 0 Å². The molecule has 0 fully saturated rings. The van der Waals surface area contributed by atoms with Crippen LogP contribution in [0, 0.1) is 27.7 Å². The Morgan fingerprint density at radius 2 is 1.00 bits per heavy atom. The Labute approximate surface area is 254 Å². The summed E-state index contributed by atoms with van der Waals surface area (Å²) in [5, 5.41) is 0. The van der Waals surface area contributed by atoms with E-state index in [0.29, 0.717) is 7.35 Å². The summed E-state index contributed by atoms with van der Waals surface area (Å²) in [5.74, 6) is 0. The molecule has 6 rings (SSSR count). The molecule has 4 aromatic rings. The SMILES string of the molecule is CC[C](CC)=[Hf]([CH3])([CH3])([CH]1C=Cc2c(-c3cc(C)ccc3C)cccc21)[CH]1C=Cc2c(-c3cc(C)ccc3C)cccc21. The van der Waals surface area contributed by atoms with E-state index in [1.807, 2.05) is 3.26 Å². The first kappa shape index (κ1) is 29.2. The molecule has 0 saturated carbocycles. The second kappa shape index (κ2) is 10.7. The molecule has 2 unspecified atom stereocenters. The summed E-state index contributed by atoms with van der Waals surface area (Å²) in [4.78, 5) is 0. The van der Waals surface area contributed by atoms with Crippen molar-refractivity contribution < 1.29 is 18.0 Å². The van der Waals surface area contributed by atoms with Crippen LogP contribution in [0.2, 0.25) is 9.36 Å². The van der Waals surface area contributed by atoms with Crippen LogP contribution in [0.5, 0.6) is 0 Å². The quantitative estimate of drug-likeness (QED) is 0.174. The summed E-state index contributed by atoms with van der Waals surface area (Å²) in [6, 6.07) is 28.0. The maximum atomic E-state index is 2.79. The molecule has 0 saturated heterocycles. The molecule has 0 nitrogen and oxygen atoms in total. The third-order valence-corrected chi connectivity index (χ3v) is 39.0. The molecule has 42 heavy (non-hydrogen) atoms. The first-order chi connectivity index (χ1) is 20.1. The van der Waals surface area contributed by atoms with Gasteiger partial charge in [0.15, 0.2) is 0 Å². The first-order valence-electron chi connectivity index (χ1n) is 15.9. The third kappa shape index (κ3) is 4.38. The fourth-order valence-electron chi connectivity index (χ4n) is 8.74. The van der Waals surface area contributed by atoms with Crippen molar-refractivity contribution in [1.29, 1.82) is 0 Å². The van der Waals surface area contributed by atoms with E-state index in [9.17, 15) is 0 Å². The Hall–Kier alpha value is -2.90. The summed E-state index contributed by atoms with van der Waals surface area (Å²) in [6.45, 7) is 13.8. The van der Waals surface area contributed by atoms with Crippen LogP contribution < -0.4 is 0 Å². The van der Waals surface area contributed by atoms with Crippen molar-refractivity contribution >= 4 is 15.4 Å². The van der Waals surface area contributed by atoms with Gasteiger partial charge in [-0.15, -0.1) is 0 Å². The van der Waals surface area contributed by atoms with Gasteiger partial charge in [-0.1, -0.05) is 0 Å². The molecule has 0 N–H and O–H groups in total. The Balaban J connectivity index is 1.57. The summed E-state index contributed by atoms with van der Waals surface area (Å²) >= 11 is -3.98. The Morgan fingerprint density at radius 1 is 0.571 bits per heavy atom. The summed E-state index contributed by atoms with van der Waals surface area (Å²) in [6.07, 6.45) is 12.6. The number of allylic oxidation sites excluding steroid dienone is 2. The number of aryl methyl sites for hydroxylation is 4. The van der Waals surface area contributed by atoms with Crippen molar-refractivity contribution in [3.05, 3.63) is 129 Å². The predicted molar refractivity (Wildman–Crippen MR) is 184 cm³/mol. The minimum absolute atomic E-state index is 0.488. The van der Waals surface area contributed by atoms with Crippen LogP contribution in [0.15, 0.2) is 84.9 Å². The van der Waals surface area contributed by atoms with Crippen LogP contribution in [0.25, 0.3) is 34.4 Å². The van der Waals surface area contributed by atoms with Crippen LogP contribution in [0.4, 0.5) is 0 Å². The van der Waals surface area contributed by atoms with Crippen LogP contribution in [-0.4, -0.2) is 3.26 Å². The molecule has 2 aliphatic carbocycles. The van der Waals surface area contributed by atoms with Crippen molar-refractivity contribution in [3.8, 4) is 22.3 Å². The van der Waals surface area contributed by atoms with Gasteiger partial charge in [-0.25, -0.2) is 0 Å². The first-order valence-corrected chi connectivity index (χ1v) is 29.0. The van der Waals surface area contributed by atoms with Gasteiger partial charge in [0.05, 0.1) is 0 Å². The fourth-order valence-corrected chi connectivity index (χ4v) is 34.9. The fraction of sp³-hybridized carbons (Fsp3) is 0.293. The standard InChI is InChI=1S/2C17H15.C5H10.2CH3.Hf/c2*1-12-9-10-13(2)17(11-12)16-8-4-6-14-5-3-7-15(14)16;1-3-5-4-2;;;/h2*3-11H,1-2H3;3-4H2,1-2H3;2*1H3;. The zero-order valence-corrected chi connectivity index (χ0v) is 30.4. The summed E-state index contributed by atoms with van der Waals surface area (Å²) in [7, 11) is 0. The van der Waals surface area contributed by atoms with Crippen molar-refractivity contribution in [2.45, 2.75) is 71.1 Å². The Morgan fingerprint density at radius 3 is 1.40 bits per heavy atom.